The van der Waals surface area contributed by atoms with Gasteiger partial charge in [-0.15, -0.1) is 0 Å². The van der Waals surface area contributed by atoms with Gasteiger partial charge in [-0.1, -0.05) is 39.3 Å². The lowest BCUT2D eigenvalue weighted by atomic mass is 9.93. The van der Waals surface area contributed by atoms with Gasteiger partial charge in [0, 0.05) is 17.3 Å². The van der Waals surface area contributed by atoms with Crippen LogP contribution in [0.2, 0.25) is 0 Å². The summed E-state index contributed by atoms with van der Waals surface area (Å²) in [7, 11) is 0. The molecule has 0 aromatic rings. The molecule has 0 amide bonds. The minimum atomic E-state index is -0.0333. The third-order valence-electron chi connectivity index (χ3n) is 1.50. The molecule has 0 unspecified atom stereocenters. The Labute approximate surface area is 79.5 Å². The van der Waals surface area contributed by atoms with Crippen LogP contribution in [0, 0.1) is 5.41 Å². The number of allylic oxidation sites excluding steroid dienone is 1. The first-order chi connectivity index (χ1) is 5.38. The third-order valence-corrected chi connectivity index (χ3v) is 1.87. The molecule has 70 valence electrons. The highest BCUT2D eigenvalue weighted by Crippen LogP contribution is 2.20. The second-order valence-electron chi connectivity index (χ2n) is 3.69. The average molecular weight is 189 g/mol. The lowest BCUT2D eigenvalue weighted by Crippen LogP contribution is -2.16. The first-order valence-corrected chi connectivity index (χ1v) is 4.44. The topological polar surface area (TPSA) is 38.4 Å². The number of rotatable bonds is 2. The summed E-state index contributed by atoms with van der Waals surface area (Å²) < 4.78 is 0. The Morgan fingerprint density at radius 1 is 1.50 bits per heavy atom. The van der Waals surface area contributed by atoms with E-state index in [-0.39, 0.29) is 5.41 Å². The van der Waals surface area contributed by atoms with Gasteiger partial charge < -0.3 is 5.73 Å². The third kappa shape index (κ3) is 4.39. The van der Waals surface area contributed by atoms with Crippen molar-refractivity contribution in [3.63, 3.8) is 0 Å². The Hall–Kier alpha value is -0.500. The molecule has 12 heavy (non-hydrogen) atoms. The van der Waals surface area contributed by atoms with Crippen LogP contribution in [-0.4, -0.2) is 5.17 Å². The molecule has 0 spiro atoms. The summed E-state index contributed by atoms with van der Waals surface area (Å²) in [5.41, 5.74) is 6.46. The Morgan fingerprint density at radius 3 is 2.33 bits per heavy atom. The van der Waals surface area contributed by atoms with Gasteiger partial charge in [0.05, 0.1) is 0 Å². The van der Waals surface area contributed by atoms with E-state index in [0.29, 0.717) is 5.17 Å². The van der Waals surface area contributed by atoms with Gasteiger partial charge >= 0.3 is 0 Å². The maximum absolute atomic E-state index is 5.75. The predicted octanol–water partition coefficient (Wildman–Crippen LogP) is 2.88. The monoisotopic (exact) mass is 188 g/mol. The number of nitrogens with two attached hydrogens (primary N) is 1. The van der Waals surface area contributed by atoms with E-state index in [0.717, 1.165) is 12.1 Å². The van der Waals surface area contributed by atoms with Crippen LogP contribution in [-0.2, 0) is 0 Å². The fraction of sp³-hybridized carbons (Fsp3) is 0.667. The zero-order valence-corrected chi connectivity index (χ0v) is 8.94. The standard InChI is InChI=1S/C9H17ClN2/c1-5-8(10)12-6-7(11)9(2,3)4/h6H,5,11H2,1-4H3/b7-6-,12-8?. The van der Waals surface area contributed by atoms with Crippen molar-refractivity contribution in [1.82, 2.24) is 0 Å². The lowest BCUT2D eigenvalue weighted by molar-refractivity contribution is 0.496. The SMILES string of the molecule is CCC(Cl)=N/C=C(\N)C(C)(C)C. The van der Waals surface area contributed by atoms with E-state index in [9.17, 15) is 0 Å². The summed E-state index contributed by atoms with van der Waals surface area (Å²) in [6.07, 6.45) is 2.38. The summed E-state index contributed by atoms with van der Waals surface area (Å²) in [5, 5.41) is 0.585. The molecule has 0 fully saturated rings. The Balaban J connectivity index is 4.39. The molecule has 3 heteroatoms. The first-order valence-electron chi connectivity index (χ1n) is 4.06. The maximum Gasteiger partial charge on any atom is 0.106 e. The van der Waals surface area contributed by atoms with Crippen molar-refractivity contribution >= 4 is 16.8 Å². The van der Waals surface area contributed by atoms with Crippen molar-refractivity contribution in [3.8, 4) is 0 Å². The highest BCUT2D eigenvalue weighted by atomic mass is 35.5. The van der Waals surface area contributed by atoms with Gasteiger partial charge in [-0.05, 0) is 6.42 Å². The van der Waals surface area contributed by atoms with Crippen molar-refractivity contribution in [3.05, 3.63) is 11.9 Å². The van der Waals surface area contributed by atoms with E-state index in [4.69, 9.17) is 17.3 Å². The average Bonchev–Trinajstić information content (AvgIpc) is 1.97. The zero-order chi connectivity index (χ0) is 9.78. The molecular formula is C9H17ClN2. The molecule has 0 aliphatic heterocycles. The normalized spacial score (nSPS) is 15.1. The van der Waals surface area contributed by atoms with Crippen molar-refractivity contribution in [2.24, 2.45) is 16.1 Å². The number of hydrogen-bond donors (Lipinski definition) is 1. The number of aliphatic imine (C=N–C) groups is 1. The van der Waals surface area contributed by atoms with E-state index in [2.05, 4.69) is 4.99 Å². The van der Waals surface area contributed by atoms with E-state index in [1.54, 1.807) is 6.20 Å². The molecule has 2 N–H and O–H groups in total. The fourth-order valence-corrected chi connectivity index (χ4v) is 0.473. The molecule has 0 rings (SSSR count). The predicted molar refractivity (Wildman–Crippen MR) is 55.3 cm³/mol. The molecule has 0 saturated carbocycles. The van der Waals surface area contributed by atoms with Gasteiger partial charge in [0.25, 0.3) is 0 Å². The van der Waals surface area contributed by atoms with Crippen LogP contribution < -0.4 is 5.73 Å². The molecule has 0 heterocycles. The highest BCUT2D eigenvalue weighted by molar-refractivity contribution is 6.65. The minimum absolute atomic E-state index is 0.0333. The lowest BCUT2D eigenvalue weighted by Gasteiger charge is -2.17. The van der Waals surface area contributed by atoms with Crippen molar-refractivity contribution in [2.75, 3.05) is 0 Å². The van der Waals surface area contributed by atoms with Gasteiger partial charge in [-0.25, -0.2) is 4.99 Å². The summed E-state index contributed by atoms with van der Waals surface area (Å²) >= 11 is 5.71. The van der Waals surface area contributed by atoms with Crippen LogP contribution in [0.4, 0.5) is 0 Å². The van der Waals surface area contributed by atoms with E-state index in [1.807, 2.05) is 27.7 Å². The molecule has 0 aliphatic carbocycles. The van der Waals surface area contributed by atoms with Crippen LogP contribution >= 0.6 is 11.6 Å². The molecular weight excluding hydrogens is 172 g/mol. The Kier molecular flexibility index (Phi) is 4.32. The molecule has 0 aliphatic rings. The van der Waals surface area contributed by atoms with E-state index < -0.39 is 0 Å². The van der Waals surface area contributed by atoms with Crippen LogP contribution in [0.5, 0.6) is 0 Å². The van der Waals surface area contributed by atoms with Gasteiger partial charge in [0.15, 0.2) is 0 Å². The number of nitrogens with zero attached hydrogens (tertiary/aromatic N) is 1. The molecule has 0 atom stereocenters. The Morgan fingerprint density at radius 2 is 2.00 bits per heavy atom. The van der Waals surface area contributed by atoms with Crippen LogP contribution in [0.1, 0.15) is 34.1 Å². The molecule has 0 radical (unpaired) electrons. The molecule has 2 nitrogen and oxygen atoms in total. The minimum Gasteiger partial charge on any atom is -0.400 e. The van der Waals surface area contributed by atoms with Crippen LogP contribution in [0.15, 0.2) is 16.9 Å². The van der Waals surface area contributed by atoms with Gasteiger partial charge in [-0.2, -0.15) is 0 Å². The summed E-state index contributed by atoms with van der Waals surface area (Å²) in [6, 6.07) is 0. The fourth-order valence-electron chi connectivity index (χ4n) is 0.425. The number of halogens is 1. The van der Waals surface area contributed by atoms with Crippen molar-refractivity contribution in [1.29, 1.82) is 0 Å². The largest absolute Gasteiger partial charge is 0.400 e. The molecule has 0 bridgehead atoms. The second-order valence-corrected chi connectivity index (χ2v) is 4.13. The summed E-state index contributed by atoms with van der Waals surface area (Å²) in [5.74, 6) is 0. The van der Waals surface area contributed by atoms with Crippen LogP contribution in [0.3, 0.4) is 0 Å². The van der Waals surface area contributed by atoms with Crippen molar-refractivity contribution in [2.45, 2.75) is 34.1 Å². The zero-order valence-electron chi connectivity index (χ0n) is 8.19. The van der Waals surface area contributed by atoms with E-state index in [1.165, 1.54) is 0 Å². The molecule has 0 aromatic heterocycles. The van der Waals surface area contributed by atoms with Crippen LogP contribution in [0.25, 0.3) is 0 Å². The highest BCUT2D eigenvalue weighted by Gasteiger charge is 2.12. The van der Waals surface area contributed by atoms with E-state index >= 15 is 0 Å². The second kappa shape index (κ2) is 4.51. The molecule has 0 saturated heterocycles. The van der Waals surface area contributed by atoms with Gasteiger partial charge in [-0.3, -0.25) is 0 Å². The quantitative estimate of drug-likeness (QED) is 0.665. The van der Waals surface area contributed by atoms with Gasteiger partial charge in [0.1, 0.15) is 5.17 Å². The molecule has 0 aromatic carbocycles. The number of hydrogen-bond acceptors (Lipinski definition) is 2. The van der Waals surface area contributed by atoms with Gasteiger partial charge in [0.2, 0.25) is 0 Å². The maximum atomic E-state index is 5.75. The van der Waals surface area contributed by atoms with Crippen molar-refractivity contribution < 1.29 is 0 Å². The summed E-state index contributed by atoms with van der Waals surface area (Å²) in [4.78, 5) is 4.00. The Bertz CT molecular complexity index is 199. The smallest absolute Gasteiger partial charge is 0.106 e. The summed E-state index contributed by atoms with van der Waals surface area (Å²) in [6.45, 7) is 8.06. The first kappa shape index (κ1) is 11.5.